The molecule has 0 aromatic carbocycles. The van der Waals surface area contributed by atoms with Crippen LogP contribution in [0, 0.1) is 17.3 Å². The molecular weight excluding hydrogens is 334 g/mol. The van der Waals surface area contributed by atoms with E-state index in [2.05, 4.69) is 35.1 Å². The fraction of sp³-hybridized carbons (Fsp3) is 0.652. The lowest BCUT2D eigenvalue weighted by molar-refractivity contribution is -0.129. The Morgan fingerprint density at radius 1 is 1.33 bits per heavy atom. The third-order valence-corrected chi connectivity index (χ3v) is 7.36. The van der Waals surface area contributed by atoms with Crippen molar-refractivity contribution < 1.29 is 4.79 Å². The second-order valence-electron chi connectivity index (χ2n) is 9.14. The second-order valence-corrected chi connectivity index (χ2v) is 9.14. The molecule has 2 fully saturated rings. The lowest BCUT2D eigenvalue weighted by Gasteiger charge is -2.56. The maximum atomic E-state index is 12.4. The molecule has 1 N–H and O–H groups in total. The molecule has 4 heteroatoms. The van der Waals surface area contributed by atoms with E-state index in [9.17, 15) is 4.79 Å². The number of allylic oxidation sites excluding steroid dienone is 1. The molecule has 27 heavy (non-hydrogen) atoms. The molecule has 1 saturated carbocycles. The van der Waals surface area contributed by atoms with Crippen LogP contribution in [0.5, 0.6) is 0 Å². The molecule has 0 radical (unpaired) electrons. The van der Waals surface area contributed by atoms with Crippen molar-refractivity contribution in [2.45, 2.75) is 65.0 Å². The number of hydrogen-bond donors (Lipinski definition) is 1. The topological polar surface area (TPSA) is 45.2 Å². The normalized spacial score (nSPS) is 28.8. The number of rotatable bonds is 8. The van der Waals surface area contributed by atoms with Gasteiger partial charge in [0.2, 0.25) is 5.91 Å². The third kappa shape index (κ3) is 3.82. The Bertz CT molecular complexity index is 697. The summed E-state index contributed by atoms with van der Waals surface area (Å²) >= 11 is 0. The minimum atomic E-state index is 0.354. The van der Waals surface area contributed by atoms with Gasteiger partial charge in [0.05, 0.1) is 5.69 Å². The maximum absolute atomic E-state index is 12.4. The maximum Gasteiger partial charge on any atom is 0.222 e. The molecule has 1 aromatic rings. The predicted octanol–water partition coefficient (Wildman–Crippen LogP) is 3.93. The Kier molecular flexibility index (Phi) is 5.36. The third-order valence-electron chi connectivity index (χ3n) is 7.36. The Morgan fingerprint density at radius 3 is 2.96 bits per heavy atom. The number of aromatic nitrogens is 1. The van der Waals surface area contributed by atoms with Crippen molar-refractivity contribution in [1.82, 2.24) is 15.2 Å². The van der Waals surface area contributed by atoms with E-state index >= 15 is 0 Å². The lowest BCUT2D eigenvalue weighted by atomic mass is 9.48. The van der Waals surface area contributed by atoms with E-state index in [1.165, 1.54) is 12.8 Å². The molecule has 1 aliphatic heterocycles. The summed E-state index contributed by atoms with van der Waals surface area (Å²) in [5.41, 5.74) is 3.17. The van der Waals surface area contributed by atoms with Crippen LogP contribution in [-0.2, 0) is 11.3 Å². The summed E-state index contributed by atoms with van der Waals surface area (Å²) < 4.78 is 0. The zero-order valence-electron chi connectivity index (χ0n) is 16.8. The zero-order chi connectivity index (χ0) is 18.9. The van der Waals surface area contributed by atoms with Gasteiger partial charge in [-0.2, -0.15) is 0 Å². The highest BCUT2D eigenvalue weighted by molar-refractivity contribution is 5.78. The minimum Gasteiger partial charge on any atom is -0.339 e. The van der Waals surface area contributed by atoms with Crippen LogP contribution in [0.2, 0.25) is 0 Å². The van der Waals surface area contributed by atoms with E-state index in [-0.39, 0.29) is 0 Å². The highest BCUT2D eigenvalue weighted by Crippen LogP contribution is 2.59. The van der Waals surface area contributed by atoms with Crippen LogP contribution in [0.1, 0.15) is 58.1 Å². The van der Waals surface area contributed by atoms with E-state index in [0.29, 0.717) is 17.4 Å². The van der Waals surface area contributed by atoms with E-state index in [1.807, 2.05) is 24.4 Å². The van der Waals surface area contributed by atoms with Crippen molar-refractivity contribution in [3.63, 3.8) is 0 Å². The highest BCUT2D eigenvalue weighted by atomic mass is 16.2. The zero-order valence-corrected chi connectivity index (χ0v) is 16.8. The molecule has 4 nitrogen and oxygen atoms in total. The summed E-state index contributed by atoms with van der Waals surface area (Å²) in [6, 6.07) is 6.41. The molecule has 5 rings (SSSR count). The summed E-state index contributed by atoms with van der Waals surface area (Å²) in [5.74, 6) is 2.00. The number of nitrogens with zero attached hydrogens (tertiary/aromatic N) is 2. The number of amides is 1. The Labute approximate surface area is 163 Å². The number of likely N-dealkylation sites (tertiary alicyclic amines) is 1. The molecule has 1 saturated heterocycles. The number of carbonyl (C=O) groups excluding carboxylic acids is 1. The van der Waals surface area contributed by atoms with Crippen molar-refractivity contribution in [2.24, 2.45) is 17.3 Å². The molecule has 3 atom stereocenters. The van der Waals surface area contributed by atoms with Crippen LogP contribution in [0.3, 0.4) is 0 Å². The van der Waals surface area contributed by atoms with Crippen LogP contribution in [-0.4, -0.2) is 34.9 Å². The van der Waals surface area contributed by atoms with Gasteiger partial charge < -0.3 is 10.2 Å². The molecule has 1 aromatic heterocycles. The fourth-order valence-corrected chi connectivity index (χ4v) is 5.40. The highest BCUT2D eigenvalue weighted by Gasteiger charge is 2.50. The van der Waals surface area contributed by atoms with Gasteiger partial charge in [-0.3, -0.25) is 9.78 Å². The van der Waals surface area contributed by atoms with Gasteiger partial charge in [0.15, 0.2) is 0 Å². The van der Waals surface area contributed by atoms with Crippen molar-refractivity contribution in [3.8, 4) is 0 Å². The monoisotopic (exact) mass is 367 g/mol. The summed E-state index contributed by atoms with van der Waals surface area (Å²) in [4.78, 5) is 18.9. The first-order chi connectivity index (χ1) is 13.1. The summed E-state index contributed by atoms with van der Waals surface area (Å²) in [7, 11) is 0. The van der Waals surface area contributed by atoms with Gasteiger partial charge >= 0.3 is 0 Å². The van der Waals surface area contributed by atoms with Crippen molar-refractivity contribution in [3.05, 3.63) is 41.7 Å². The molecular formula is C23H33N3O. The standard InChI is InChI=1S/C23H33N3O/c1-23(2)18-7-6-17(21(23)15-18)11-14-26-20(8-9-22(26)27)10-13-24-16-19-5-3-4-12-25-19/h3-6,12,18,20-21,24H,7-11,13-16H2,1-2H3/t18-,20?,21-/m0/s1. The molecule has 1 amide bonds. The van der Waals surface area contributed by atoms with Gasteiger partial charge in [-0.1, -0.05) is 31.6 Å². The molecule has 2 heterocycles. The first-order valence-electron chi connectivity index (χ1n) is 10.6. The van der Waals surface area contributed by atoms with Crippen molar-refractivity contribution in [2.75, 3.05) is 13.1 Å². The van der Waals surface area contributed by atoms with E-state index in [0.717, 1.165) is 62.8 Å². The van der Waals surface area contributed by atoms with E-state index < -0.39 is 0 Å². The first-order valence-corrected chi connectivity index (χ1v) is 10.6. The number of nitrogens with one attached hydrogen (secondary N) is 1. The van der Waals surface area contributed by atoms with Crippen molar-refractivity contribution >= 4 is 5.91 Å². The van der Waals surface area contributed by atoms with Gasteiger partial charge in [-0.15, -0.1) is 0 Å². The molecule has 0 spiro atoms. The van der Waals surface area contributed by atoms with E-state index in [1.54, 1.807) is 5.57 Å². The van der Waals surface area contributed by atoms with Gasteiger partial charge in [0.1, 0.15) is 0 Å². The molecule has 1 unspecified atom stereocenters. The Hall–Kier alpha value is -1.68. The van der Waals surface area contributed by atoms with Crippen LogP contribution >= 0.6 is 0 Å². The molecule has 146 valence electrons. The van der Waals surface area contributed by atoms with Gasteiger partial charge in [0, 0.05) is 31.7 Å². The Balaban J connectivity index is 1.24. The predicted molar refractivity (Wildman–Crippen MR) is 108 cm³/mol. The number of hydrogen-bond acceptors (Lipinski definition) is 3. The average molecular weight is 368 g/mol. The van der Waals surface area contributed by atoms with Crippen LogP contribution in [0.15, 0.2) is 36.0 Å². The largest absolute Gasteiger partial charge is 0.339 e. The second kappa shape index (κ2) is 7.75. The van der Waals surface area contributed by atoms with Crippen LogP contribution < -0.4 is 5.32 Å². The average Bonchev–Trinajstić information content (AvgIpc) is 3.04. The van der Waals surface area contributed by atoms with Crippen molar-refractivity contribution in [1.29, 1.82) is 0 Å². The number of pyridine rings is 1. The molecule has 3 aliphatic carbocycles. The molecule has 2 bridgehead atoms. The Morgan fingerprint density at radius 2 is 2.22 bits per heavy atom. The van der Waals surface area contributed by atoms with Gasteiger partial charge in [-0.05, 0) is 68.0 Å². The fourth-order valence-electron chi connectivity index (χ4n) is 5.40. The van der Waals surface area contributed by atoms with Gasteiger partial charge in [0.25, 0.3) is 0 Å². The SMILES string of the molecule is CC1(C)[C@H]2CC=C(CCN3C(=O)CCC3CCNCc3ccccn3)[C@@H]1C2. The van der Waals surface area contributed by atoms with Gasteiger partial charge in [-0.25, -0.2) is 0 Å². The van der Waals surface area contributed by atoms with Crippen LogP contribution in [0.4, 0.5) is 0 Å². The quantitative estimate of drug-likeness (QED) is 0.559. The lowest BCUT2D eigenvalue weighted by Crippen LogP contribution is -2.48. The smallest absolute Gasteiger partial charge is 0.222 e. The summed E-state index contributed by atoms with van der Waals surface area (Å²) in [5, 5.41) is 3.48. The number of carbonyl (C=O) groups is 1. The first kappa shape index (κ1) is 18.7. The molecule has 4 aliphatic rings. The summed E-state index contributed by atoms with van der Waals surface area (Å²) in [6.45, 7) is 7.50. The summed E-state index contributed by atoms with van der Waals surface area (Å²) in [6.07, 6.45) is 10.8. The number of fused-ring (bicyclic) bond motifs is 1. The van der Waals surface area contributed by atoms with E-state index in [4.69, 9.17) is 0 Å². The van der Waals surface area contributed by atoms with Crippen LogP contribution in [0.25, 0.3) is 0 Å². The minimum absolute atomic E-state index is 0.354.